The summed E-state index contributed by atoms with van der Waals surface area (Å²) >= 11 is 0. The lowest BCUT2D eigenvalue weighted by atomic mass is 9.71. The van der Waals surface area contributed by atoms with Crippen molar-refractivity contribution in [1.82, 2.24) is 4.98 Å². The molecular weight excluding hydrogens is 186 g/mol. The van der Waals surface area contributed by atoms with E-state index in [1.165, 1.54) is 12.8 Å². The van der Waals surface area contributed by atoms with Crippen LogP contribution >= 0.6 is 0 Å². The van der Waals surface area contributed by atoms with E-state index in [1.807, 2.05) is 12.1 Å². The molecular formula is C13H15NO. The molecule has 1 heterocycles. The van der Waals surface area contributed by atoms with E-state index in [9.17, 15) is 4.79 Å². The van der Waals surface area contributed by atoms with Crippen LogP contribution in [0.5, 0.6) is 0 Å². The molecule has 1 spiro atoms. The standard InChI is InChI=1S/C13H15NO/c15-12-11-10(4-3-9-14-11)5-8-13(12)6-1-2-7-13/h3-4,9H,1-2,5-8H2. The zero-order chi connectivity index (χ0) is 10.3. The summed E-state index contributed by atoms with van der Waals surface area (Å²) < 4.78 is 0. The monoisotopic (exact) mass is 201 g/mol. The first-order valence-corrected chi connectivity index (χ1v) is 5.81. The first-order chi connectivity index (χ1) is 7.32. The van der Waals surface area contributed by atoms with Gasteiger partial charge in [-0.05, 0) is 37.3 Å². The van der Waals surface area contributed by atoms with Crippen LogP contribution in [0.1, 0.15) is 48.2 Å². The topological polar surface area (TPSA) is 30.0 Å². The summed E-state index contributed by atoms with van der Waals surface area (Å²) in [4.78, 5) is 16.6. The average molecular weight is 201 g/mol. The summed E-state index contributed by atoms with van der Waals surface area (Å²) in [6.45, 7) is 0. The number of Topliss-reactive ketones (excluding diaryl/α,β-unsaturated/α-hetero) is 1. The highest BCUT2D eigenvalue weighted by Crippen LogP contribution is 2.46. The fraction of sp³-hybridized carbons (Fsp3) is 0.538. The van der Waals surface area contributed by atoms with E-state index in [0.717, 1.165) is 36.9 Å². The van der Waals surface area contributed by atoms with E-state index >= 15 is 0 Å². The Morgan fingerprint density at radius 2 is 2.00 bits per heavy atom. The largest absolute Gasteiger partial charge is 0.292 e. The second-order valence-corrected chi connectivity index (χ2v) is 4.83. The van der Waals surface area contributed by atoms with Crippen molar-refractivity contribution in [3.63, 3.8) is 0 Å². The second kappa shape index (κ2) is 3.16. The van der Waals surface area contributed by atoms with E-state index < -0.39 is 0 Å². The number of fused-ring (bicyclic) bond motifs is 1. The Morgan fingerprint density at radius 1 is 1.20 bits per heavy atom. The smallest absolute Gasteiger partial charge is 0.187 e. The summed E-state index contributed by atoms with van der Waals surface area (Å²) in [7, 11) is 0. The molecule has 0 saturated heterocycles. The predicted molar refractivity (Wildman–Crippen MR) is 57.8 cm³/mol. The number of rotatable bonds is 0. The Labute approximate surface area is 89.7 Å². The number of nitrogens with zero attached hydrogens (tertiary/aromatic N) is 1. The number of carbonyl (C=O) groups excluding carboxylic acids is 1. The molecule has 0 amide bonds. The van der Waals surface area contributed by atoms with Gasteiger partial charge < -0.3 is 0 Å². The van der Waals surface area contributed by atoms with Crippen molar-refractivity contribution in [3.8, 4) is 0 Å². The van der Waals surface area contributed by atoms with Gasteiger partial charge in [0.1, 0.15) is 5.69 Å². The highest BCUT2D eigenvalue weighted by molar-refractivity contribution is 6.01. The number of aromatic nitrogens is 1. The van der Waals surface area contributed by atoms with Crippen molar-refractivity contribution in [1.29, 1.82) is 0 Å². The van der Waals surface area contributed by atoms with Gasteiger partial charge in [0.15, 0.2) is 5.78 Å². The number of carbonyl (C=O) groups is 1. The summed E-state index contributed by atoms with van der Waals surface area (Å²) in [6, 6.07) is 3.97. The molecule has 1 aromatic rings. The van der Waals surface area contributed by atoms with Crippen LogP contribution in [0.4, 0.5) is 0 Å². The zero-order valence-electron chi connectivity index (χ0n) is 8.83. The number of ketones is 1. The molecule has 0 unspecified atom stereocenters. The lowest BCUT2D eigenvalue weighted by Gasteiger charge is -2.31. The summed E-state index contributed by atoms with van der Waals surface area (Å²) in [5.74, 6) is 0.321. The quantitative estimate of drug-likeness (QED) is 0.646. The minimum Gasteiger partial charge on any atom is -0.292 e. The summed E-state index contributed by atoms with van der Waals surface area (Å²) in [5.41, 5.74) is 1.88. The Morgan fingerprint density at radius 3 is 2.80 bits per heavy atom. The molecule has 2 aliphatic carbocycles. The van der Waals surface area contributed by atoms with E-state index in [-0.39, 0.29) is 5.41 Å². The lowest BCUT2D eigenvalue weighted by Crippen LogP contribution is -2.34. The Kier molecular flexibility index (Phi) is 1.91. The van der Waals surface area contributed by atoms with Gasteiger partial charge in [0, 0.05) is 11.6 Å². The molecule has 0 radical (unpaired) electrons. The Bertz CT molecular complexity index is 405. The van der Waals surface area contributed by atoms with Gasteiger partial charge in [0.05, 0.1) is 0 Å². The van der Waals surface area contributed by atoms with Crippen molar-refractivity contribution in [2.24, 2.45) is 5.41 Å². The number of hydrogen-bond acceptors (Lipinski definition) is 2. The lowest BCUT2D eigenvalue weighted by molar-refractivity contribution is 0.0759. The molecule has 0 atom stereocenters. The molecule has 1 fully saturated rings. The van der Waals surface area contributed by atoms with Crippen LogP contribution in [0.15, 0.2) is 18.3 Å². The third kappa shape index (κ3) is 1.24. The van der Waals surface area contributed by atoms with Crippen LogP contribution in [-0.4, -0.2) is 10.8 Å². The maximum Gasteiger partial charge on any atom is 0.187 e. The molecule has 1 aromatic heterocycles. The first-order valence-electron chi connectivity index (χ1n) is 5.81. The zero-order valence-corrected chi connectivity index (χ0v) is 8.83. The maximum absolute atomic E-state index is 12.4. The van der Waals surface area contributed by atoms with E-state index in [1.54, 1.807) is 6.20 Å². The van der Waals surface area contributed by atoms with Crippen molar-refractivity contribution < 1.29 is 4.79 Å². The second-order valence-electron chi connectivity index (χ2n) is 4.83. The Balaban J connectivity index is 2.05. The molecule has 1 saturated carbocycles. The predicted octanol–water partition coefficient (Wildman–Crippen LogP) is 2.77. The van der Waals surface area contributed by atoms with Crippen molar-refractivity contribution in [2.45, 2.75) is 38.5 Å². The van der Waals surface area contributed by atoms with Gasteiger partial charge in [-0.1, -0.05) is 18.9 Å². The summed E-state index contributed by atoms with van der Waals surface area (Å²) in [6.07, 6.45) is 8.43. The number of pyridine rings is 1. The summed E-state index contributed by atoms with van der Waals surface area (Å²) in [5, 5.41) is 0. The van der Waals surface area contributed by atoms with Crippen LogP contribution in [0, 0.1) is 5.41 Å². The van der Waals surface area contributed by atoms with E-state index in [0.29, 0.717) is 5.78 Å². The minimum absolute atomic E-state index is 0.0264. The van der Waals surface area contributed by atoms with Crippen molar-refractivity contribution in [2.75, 3.05) is 0 Å². The maximum atomic E-state index is 12.4. The molecule has 0 aromatic carbocycles. The van der Waals surface area contributed by atoms with E-state index in [4.69, 9.17) is 0 Å². The van der Waals surface area contributed by atoms with Gasteiger partial charge in [0.25, 0.3) is 0 Å². The van der Waals surface area contributed by atoms with Crippen LogP contribution in [0.2, 0.25) is 0 Å². The number of hydrogen-bond donors (Lipinski definition) is 0. The van der Waals surface area contributed by atoms with Gasteiger partial charge in [-0.2, -0.15) is 0 Å². The fourth-order valence-electron chi connectivity index (χ4n) is 3.11. The van der Waals surface area contributed by atoms with Gasteiger partial charge in [-0.25, -0.2) is 0 Å². The number of aryl methyl sites for hydroxylation is 1. The molecule has 3 rings (SSSR count). The Hall–Kier alpha value is -1.18. The highest BCUT2D eigenvalue weighted by atomic mass is 16.1. The normalized spacial score (nSPS) is 23.1. The highest BCUT2D eigenvalue weighted by Gasteiger charge is 2.44. The van der Waals surface area contributed by atoms with Crippen LogP contribution in [-0.2, 0) is 6.42 Å². The molecule has 2 aliphatic rings. The van der Waals surface area contributed by atoms with Crippen molar-refractivity contribution >= 4 is 5.78 Å². The van der Waals surface area contributed by atoms with Gasteiger partial charge in [-0.3, -0.25) is 9.78 Å². The molecule has 0 N–H and O–H groups in total. The molecule has 78 valence electrons. The molecule has 2 heteroatoms. The molecule has 2 nitrogen and oxygen atoms in total. The molecule has 0 aliphatic heterocycles. The molecule has 15 heavy (non-hydrogen) atoms. The van der Waals surface area contributed by atoms with Crippen LogP contribution in [0.25, 0.3) is 0 Å². The third-order valence-electron chi connectivity index (χ3n) is 4.02. The van der Waals surface area contributed by atoms with Crippen LogP contribution < -0.4 is 0 Å². The average Bonchev–Trinajstić information content (AvgIpc) is 2.74. The SMILES string of the molecule is O=C1c2ncccc2CCC12CCCC2. The third-order valence-corrected chi connectivity index (χ3v) is 4.02. The molecule has 0 bridgehead atoms. The van der Waals surface area contributed by atoms with E-state index in [2.05, 4.69) is 4.98 Å². The minimum atomic E-state index is -0.0264. The van der Waals surface area contributed by atoms with Gasteiger partial charge in [-0.15, -0.1) is 0 Å². The van der Waals surface area contributed by atoms with Crippen LogP contribution in [0.3, 0.4) is 0 Å². The van der Waals surface area contributed by atoms with Gasteiger partial charge in [0.2, 0.25) is 0 Å². The first kappa shape index (κ1) is 9.08. The van der Waals surface area contributed by atoms with Crippen molar-refractivity contribution in [3.05, 3.63) is 29.6 Å². The van der Waals surface area contributed by atoms with Gasteiger partial charge >= 0.3 is 0 Å². The fourth-order valence-corrected chi connectivity index (χ4v) is 3.11.